The van der Waals surface area contributed by atoms with Crippen LogP contribution >= 0.6 is 0 Å². The SMILES string of the molecule is O=C(Cc1ccc([N+](=O)[O-])cc1[N+](=O)[O-])Nc1ccc(F)cc1. The molecule has 0 fully saturated rings. The highest BCUT2D eigenvalue weighted by Gasteiger charge is 2.21. The van der Waals surface area contributed by atoms with E-state index in [1.807, 2.05) is 0 Å². The van der Waals surface area contributed by atoms with Crippen LogP contribution in [0.15, 0.2) is 42.5 Å². The molecule has 0 atom stereocenters. The number of amides is 1. The van der Waals surface area contributed by atoms with Gasteiger partial charge in [-0.2, -0.15) is 0 Å². The first kappa shape index (κ1) is 16.0. The topological polar surface area (TPSA) is 115 Å². The predicted molar refractivity (Wildman–Crippen MR) is 78.5 cm³/mol. The van der Waals surface area contributed by atoms with E-state index in [1.54, 1.807) is 0 Å². The summed E-state index contributed by atoms with van der Waals surface area (Å²) in [6.07, 6.45) is -0.342. The average Bonchev–Trinajstić information content (AvgIpc) is 2.49. The summed E-state index contributed by atoms with van der Waals surface area (Å²) in [5, 5.41) is 24.1. The molecule has 2 aromatic carbocycles. The normalized spacial score (nSPS) is 10.1. The Hall–Kier alpha value is -3.36. The Labute approximate surface area is 128 Å². The molecular formula is C14H10FN3O5. The van der Waals surface area contributed by atoms with Crippen molar-refractivity contribution in [3.8, 4) is 0 Å². The first-order valence-corrected chi connectivity index (χ1v) is 6.34. The van der Waals surface area contributed by atoms with Crippen LogP contribution in [0.1, 0.15) is 5.56 Å². The van der Waals surface area contributed by atoms with Crippen molar-refractivity contribution in [1.29, 1.82) is 0 Å². The zero-order valence-corrected chi connectivity index (χ0v) is 11.6. The first-order valence-electron chi connectivity index (χ1n) is 6.34. The number of hydrogen-bond acceptors (Lipinski definition) is 5. The van der Waals surface area contributed by atoms with Crippen LogP contribution in [-0.4, -0.2) is 15.8 Å². The summed E-state index contributed by atoms with van der Waals surface area (Å²) >= 11 is 0. The third-order valence-electron chi connectivity index (χ3n) is 2.96. The Balaban J connectivity index is 2.18. The van der Waals surface area contributed by atoms with Crippen molar-refractivity contribution in [2.75, 3.05) is 5.32 Å². The highest BCUT2D eigenvalue weighted by molar-refractivity contribution is 5.92. The second kappa shape index (κ2) is 6.60. The van der Waals surface area contributed by atoms with Crippen LogP contribution in [0, 0.1) is 26.0 Å². The third kappa shape index (κ3) is 4.06. The molecule has 0 aliphatic rings. The fourth-order valence-electron chi connectivity index (χ4n) is 1.90. The van der Waals surface area contributed by atoms with Gasteiger partial charge in [0.1, 0.15) is 5.82 Å². The number of carbonyl (C=O) groups is 1. The van der Waals surface area contributed by atoms with Crippen molar-refractivity contribution in [3.05, 3.63) is 74.1 Å². The number of hydrogen-bond donors (Lipinski definition) is 1. The molecule has 2 rings (SSSR count). The molecule has 0 spiro atoms. The number of benzene rings is 2. The van der Waals surface area contributed by atoms with Crippen molar-refractivity contribution in [2.45, 2.75) is 6.42 Å². The van der Waals surface area contributed by atoms with Gasteiger partial charge in [0.15, 0.2) is 0 Å². The standard InChI is InChI=1S/C14H10FN3O5/c15-10-2-4-11(5-3-10)16-14(19)7-9-1-6-12(17(20)21)8-13(9)18(22)23/h1-6,8H,7H2,(H,16,19). The molecule has 0 unspecified atom stereocenters. The van der Waals surface area contributed by atoms with Crippen LogP contribution in [0.25, 0.3) is 0 Å². The Kier molecular flexibility index (Phi) is 4.60. The van der Waals surface area contributed by atoms with Gasteiger partial charge in [0.25, 0.3) is 11.4 Å². The van der Waals surface area contributed by atoms with Gasteiger partial charge in [-0.1, -0.05) is 0 Å². The molecule has 0 aromatic heterocycles. The van der Waals surface area contributed by atoms with E-state index in [9.17, 15) is 29.4 Å². The highest BCUT2D eigenvalue weighted by atomic mass is 19.1. The molecule has 118 valence electrons. The number of anilines is 1. The van der Waals surface area contributed by atoms with Gasteiger partial charge in [-0.3, -0.25) is 25.0 Å². The second-order valence-corrected chi connectivity index (χ2v) is 4.56. The van der Waals surface area contributed by atoms with Crippen LogP contribution in [0.5, 0.6) is 0 Å². The molecule has 8 nitrogen and oxygen atoms in total. The summed E-state index contributed by atoms with van der Waals surface area (Å²) in [5.41, 5.74) is -0.561. The van der Waals surface area contributed by atoms with Crippen molar-refractivity contribution in [3.63, 3.8) is 0 Å². The van der Waals surface area contributed by atoms with Crippen LogP contribution in [0.2, 0.25) is 0 Å². The second-order valence-electron chi connectivity index (χ2n) is 4.56. The maximum Gasteiger partial charge on any atom is 0.279 e. The van der Waals surface area contributed by atoms with Gasteiger partial charge in [0.2, 0.25) is 5.91 Å². The van der Waals surface area contributed by atoms with Gasteiger partial charge in [-0.05, 0) is 30.3 Å². The number of halogens is 1. The van der Waals surface area contributed by atoms with E-state index < -0.39 is 32.9 Å². The number of nitro groups is 2. The summed E-state index contributed by atoms with van der Waals surface area (Å²) in [5.74, 6) is -1.03. The van der Waals surface area contributed by atoms with Crippen molar-refractivity contribution in [2.24, 2.45) is 0 Å². The van der Waals surface area contributed by atoms with Gasteiger partial charge in [0.05, 0.1) is 22.3 Å². The summed E-state index contributed by atoms with van der Waals surface area (Å²) in [7, 11) is 0. The summed E-state index contributed by atoms with van der Waals surface area (Å²) < 4.78 is 12.8. The van der Waals surface area contributed by atoms with E-state index in [0.29, 0.717) is 5.69 Å². The van der Waals surface area contributed by atoms with Crippen molar-refractivity contribution < 1.29 is 19.0 Å². The van der Waals surface area contributed by atoms with Gasteiger partial charge in [0, 0.05) is 17.3 Å². The lowest BCUT2D eigenvalue weighted by Gasteiger charge is -2.06. The van der Waals surface area contributed by atoms with Crippen LogP contribution in [0.3, 0.4) is 0 Å². The molecule has 1 N–H and O–H groups in total. The molecule has 0 saturated heterocycles. The first-order chi connectivity index (χ1) is 10.9. The molecule has 1 amide bonds. The van der Waals surface area contributed by atoms with Crippen molar-refractivity contribution in [1.82, 2.24) is 0 Å². The predicted octanol–water partition coefficient (Wildman–Crippen LogP) is 2.82. The van der Waals surface area contributed by atoms with E-state index >= 15 is 0 Å². The number of non-ortho nitro benzene ring substituents is 1. The molecule has 9 heteroatoms. The summed E-state index contributed by atoms with van der Waals surface area (Å²) in [6, 6.07) is 8.07. The fraction of sp³-hybridized carbons (Fsp3) is 0.0714. The largest absolute Gasteiger partial charge is 0.326 e. The lowest BCUT2D eigenvalue weighted by atomic mass is 10.1. The van der Waals surface area contributed by atoms with Gasteiger partial charge < -0.3 is 5.32 Å². The van der Waals surface area contributed by atoms with E-state index in [4.69, 9.17) is 0 Å². The van der Waals surface area contributed by atoms with Crippen molar-refractivity contribution >= 4 is 23.0 Å². The molecule has 2 aromatic rings. The Morgan fingerprint density at radius 2 is 1.70 bits per heavy atom. The van der Waals surface area contributed by atoms with E-state index in [-0.39, 0.29) is 12.0 Å². The number of carbonyl (C=O) groups excluding carboxylic acids is 1. The van der Waals surface area contributed by atoms with E-state index in [0.717, 1.165) is 24.3 Å². The maximum atomic E-state index is 12.8. The molecule has 0 aliphatic carbocycles. The minimum absolute atomic E-state index is 0.0419. The fourth-order valence-corrected chi connectivity index (χ4v) is 1.90. The van der Waals surface area contributed by atoms with Gasteiger partial charge in [-0.25, -0.2) is 4.39 Å². The average molecular weight is 319 g/mol. The molecule has 0 heterocycles. The van der Waals surface area contributed by atoms with Gasteiger partial charge in [-0.15, -0.1) is 0 Å². The smallest absolute Gasteiger partial charge is 0.279 e. The number of rotatable bonds is 5. The lowest BCUT2D eigenvalue weighted by molar-refractivity contribution is -0.394. The summed E-state index contributed by atoms with van der Waals surface area (Å²) in [6.45, 7) is 0. The van der Waals surface area contributed by atoms with E-state index in [1.165, 1.54) is 18.2 Å². The molecule has 0 aliphatic heterocycles. The minimum atomic E-state index is -0.784. The monoisotopic (exact) mass is 319 g/mol. The Morgan fingerprint density at radius 1 is 1.04 bits per heavy atom. The zero-order valence-electron chi connectivity index (χ0n) is 11.6. The minimum Gasteiger partial charge on any atom is -0.326 e. The molecule has 0 bridgehead atoms. The number of nitrogens with zero attached hydrogens (tertiary/aromatic N) is 2. The molecule has 0 saturated carbocycles. The van der Waals surface area contributed by atoms with Gasteiger partial charge >= 0.3 is 0 Å². The Morgan fingerprint density at radius 3 is 2.26 bits per heavy atom. The molecule has 0 radical (unpaired) electrons. The third-order valence-corrected chi connectivity index (χ3v) is 2.96. The van der Waals surface area contributed by atoms with Crippen LogP contribution in [0.4, 0.5) is 21.5 Å². The highest BCUT2D eigenvalue weighted by Crippen LogP contribution is 2.25. The van der Waals surface area contributed by atoms with Crippen LogP contribution in [-0.2, 0) is 11.2 Å². The molecular weight excluding hydrogens is 309 g/mol. The van der Waals surface area contributed by atoms with E-state index in [2.05, 4.69) is 5.32 Å². The Bertz CT molecular complexity index is 776. The molecule has 23 heavy (non-hydrogen) atoms. The maximum absolute atomic E-state index is 12.8. The zero-order chi connectivity index (χ0) is 17.0. The summed E-state index contributed by atoms with van der Waals surface area (Å²) in [4.78, 5) is 32.0. The quantitative estimate of drug-likeness (QED) is 0.672. The number of nitrogens with one attached hydrogen (secondary N) is 1. The lowest BCUT2D eigenvalue weighted by Crippen LogP contribution is -2.15. The number of nitro benzene ring substituents is 2. The van der Waals surface area contributed by atoms with Crippen LogP contribution < -0.4 is 5.32 Å².